The van der Waals surface area contributed by atoms with E-state index in [-0.39, 0.29) is 12.5 Å². The number of hydrogen-bond acceptors (Lipinski definition) is 8. The maximum atomic E-state index is 13.1. The second-order valence-corrected chi connectivity index (χ2v) is 23.6. The van der Waals surface area contributed by atoms with Gasteiger partial charge in [0.05, 0.1) is 25.4 Å². The first-order valence-electron chi connectivity index (χ1n) is 33.7. The first-order valence-corrected chi connectivity index (χ1v) is 33.7. The number of carbonyl (C=O) groups is 1. The number of aliphatic hydroxyl groups is 5. The predicted molar refractivity (Wildman–Crippen MR) is 327 cm³/mol. The van der Waals surface area contributed by atoms with E-state index >= 15 is 0 Å². The molecule has 0 aliphatic carbocycles. The number of hydrogen-bond donors (Lipinski definition) is 6. The summed E-state index contributed by atoms with van der Waals surface area (Å²) < 4.78 is 11.3. The Morgan fingerprint density at radius 3 is 1.12 bits per heavy atom. The first kappa shape index (κ1) is 73.4. The van der Waals surface area contributed by atoms with Gasteiger partial charge in [-0.15, -0.1) is 0 Å². The van der Waals surface area contributed by atoms with E-state index in [2.05, 4.69) is 43.5 Å². The fourth-order valence-electron chi connectivity index (χ4n) is 10.9. The Kier molecular flexibility index (Phi) is 55.0. The Bertz CT molecular complexity index is 1310. The van der Waals surface area contributed by atoms with E-state index in [1.165, 1.54) is 270 Å². The van der Waals surface area contributed by atoms with Crippen molar-refractivity contribution >= 4 is 5.91 Å². The lowest BCUT2D eigenvalue weighted by atomic mass is 9.99. The van der Waals surface area contributed by atoms with E-state index in [1.807, 2.05) is 6.08 Å². The molecule has 7 atom stereocenters. The molecule has 0 bridgehead atoms. The second kappa shape index (κ2) is 57.6. The highest BCUT2D eigenvalue weighted by atomic mass is 16.7. The molecule has 1 rings (SSSR count). The van der Waals surface area contributed by atoms with Gasteiger partial charge in [-0.2, -0.15) is 0 Å². The van der Waals surface area contributed by atoms with Gasteiger partial charge in [-0.3, -0.25) is 4.79 Å². The fraction of sp³-hybridized carbons (Fsp3) is 0.897. The van der Waals surface area contributed by atoms with Crippen LogP contribution in [0.25, 0.3) is 0 Å². The van der Waals surface area contributed by atoms with Crippen LogP contribution in [0.1, 0.15) is 335 Å². The van der Waals surface area contributed by atoms with Gasteiger partial charge in [-0.25, -0.2) is 0 Å². The highest BCUT2D eigenvalue weighted by Crippen LogP contribution is 2.23. The van der Waals surface area contributed by atoms with E-state index in [0.717, 1.165) is 44.9 Å². The summed E-state index contributed by atoms with van der Waals surface area (Å²) in [6.45, 7) is 3.83. The van der Waals surface area contributed by atoms with Crippen molar-refractivity contribution in [1.82, 2.24) is 5.32 Å². The van der Waals surface area contributed by atoms with Crippen molar-refractivity contribution < 1.29 is 39.8 Å². The largest absolute Gasteiger partial charge is 0.394 e. The monoisotopic (exact) mass is 1090 g/mol. The molecule has 1 aliphatic rings. The summed E-state index contributed by atoms with van der Waals surface area (Å²) >= 11 is 0. The number of amides is 1. The molecule has 1 saturated heterocycles. The Hall–Kier alpha value is -1.59. The molecule has 9 nitrogen and oxygen atoms in total. The zero-order valence-electron chi connectivity index (χ0n) is 50.7. The topological polar surface area (TPSA) is 149 Å². The molecule has 0 radical (unpaired) electrons. The number of carbonyl (C=O) groups excluding carboxylic acids is 1. The number of aliphatic hydroxyl groups excluding tert-OH is 5. The van der Waals surface area contributed by atoms with Crippen molar-refractivity contribution in [3.63, 3.8) is 0 Å². The van der Waals surface area contributed by atoms with Crippen LogP contribution < -0.4 is 5.32 Å². The van der Waals surface area contributed by atoms with Crippen molar-refractivity contribution in [2.24, 2.45) is 0 Å². The van der Waals surface area contributed by atoms with Crippen LogP contribution in [0.2, 0.25) is 0 Å². The lowest BCUT2D eigenvalue weighted by Crippen LogP contribution is -2.60. The lowest BCUT2D eigenvalue weighted by molar-refractivity contribution is -0.302. The molecular formula is C68H129NO8. The third kappa shape index (κ3) is 46.7. The molecule has 6 N–H and O–H groups in total. The molecular weight excluding hydrogens is 959 g/mol. The molecule has 0 aromatic carbocycles. The van der Waals surface area contributed by atoms with Crippen molar-refractivity contribution in [2.45, 2.75) is 378 Å². The number of rotatable bonds is 59. The average Bonchev–Trinajstić information content (AvgIpc) is 3.43. The smallest absolute Gasteiger partial charge is 0.220 e. The summed E-state index contributed by atoms with van der Waals surface area (Å²) in [6, 6.07) is -0.806. The van der Waals surface area contributed by atoms with Crippen LogP contribution >= 0.6 is 0 Å². The normalized spacial score (nSPS) is 18.9. The average molecular weight is 1090 g/mol. The minimum absolute atomic E-state index is 0.173. The second-order valence-electron chi connectivity index (χ2n) is 23.6. The van der Waals surface area contributed by atoms with Crippen LogP contribution in [0.5, 0.6) is 0 Å². The zero-order valence-corrected chi connectivity index (χ0v) is 50.7. The van der Waals surface area contributed by atoms with Crippen LogP contribution in [0.15, 0.2) is 36.5 Å². The van der Waals surface area contributed by atoms with Gasteiger partial charge in [-0.1, -0.05) is 314 Å². The van der Waals surface area contributed by atoms with Gasteiger partial charge in [-0.05, 0) is 51.4 Å². The summed E-state index contributed by atoms with van der Waals surface area (Å²) in [4.78, 5) is 13.1. The van der Waals surface area contributed by atoms with Gasteiger partial charge in [0.15, 0.2) is 6.29 Å². The number of allylic oxidation sites excluding steroid dienone is 5. The van der Waals surface area contributed by atoms with Crippen LogP contribution in [-0.4, -0.2) is 87.5 Å². The van der Waals surface area contributed by atoms with E-state index in [9.17, 15) is 30.3 Å². The standard InChI is InChI=1S/C68H129NO8/c1-3-5-7-9-11-13-15-17-19-21-23-25-27-29-30-31-32-34-36-38-40-42-44-46-48-50-52-54-56-58-64(72)69-61(60-76-68-67(75)66(74)65(73)63(59-70)77-68)62(71)57-55-53-51-49-47-45-43-41-39-37-35-33-28-26-24-22-20-18-16-14-12-10-8-6-4-2/h23,25,29-30,55,57,61-63,65-68,70-71,73-75H,3-22,24,26-28,31-54,56,58-60H2,1-2H3,(H,69,72)/b25-23-,30-29-,57-55+. The molecule has 0 spiro atoms. The molecule has 0 aromatic rings. The Labute approximate surface area is 476 Å². The van der Waals surface area contributed by atoms with Gasteiger partial charge in [0.2, 0.25) is 5.91 Å². The van der Waals surface area contributed by atoms with Crippen molar-refractivity contribution in [3.8, 4) is 0 Å². The van der Waals surface area contributed by atoms with Crippen molar-refractivity contribution in [2.75, 3.05) is 13.2 Å². The molecule has 1 aliphatic heterocycles. The Balaban J connectivity index is 2.15. The Morgan fingerprint density at radius 1 is 0.442 bits per heavy atom. The van der Waals surface area contributed by atoms with Gasteiger partial charge in [0, 0.05) is 6.42 Å². The molecule has 1 heterocycles. The molecule has 77 heavy (non-hydrogen) atoms. The van der Waals surface area contributed by atoms with Gasteiger partial charge in [0.1, 0.15) is 24.4 Å². The maximum absolute atomic E-state index is 13.1. The highest BCUT2D eigenvalue weighted by Gasteiger charge is 2.44. The van der Waals surface area contributed by atoms with Gasteiger partial charge in [0.25, 0.3) is 0 Å². The molecule has 1 fully saturated rings. The molecule has 7 unspecified atom stereocenters. The maximum Gasteiger partial charge on any atom is 0.220 e. The number of nitrogens with one attached hydrogen (secondary N) is 1. The third-order valence-electron chi connectivity index (χ3n) is 16.2. The summed E-state index contributed by atoms with van der Waals surface area (Å²) in [5.74, 6) is -0.173. The minimum atomic E-state index is -1.57. The van der Waals surface area contributed by atoms with E-state index < -0.39 is 49.5 Å². The van der Waals surface area contributed by atoms with Crippen molar-refractivity contribution in [3.05, 3.63) is 36.5 Å². The summed E-state index contributed by atoms with van der Waals surface area (Å²) in [5.41, 5.74) is 0. The van der Waals surface area contributed by atoms with E-state index in [4.69, 9.17) is 9.47 Å². The van der Waals surface area contributed by atoms with Crippen LogP contribution in [0, 0.1) is 0 Å². The summed E-state index contributed by atoms with van der Waals surface area (Å²) in [7, 11) is 0. The molecule has 1 amide bonds. The zero-order chi connectivity index (χ0) is 55.8. The van der Waals surface area contributed by atoms with Crippen LogP contribution in [0.4, 0.5) is 0 Å². The van der Waals surface area contributed by atoms with Gasteiger partial charge >= 0.3 is 0 Å². The number of unbranched alkanes of at least 4 members (excludes halogenated alkanes) is 45. The molecule has 0 aromatic heterocycles. The van der Waals surface area contributed by atoms with Crippen LogP contribution in [-0.2, 0) is 14.3 Å². The van der Waals surface area contributed by atoms with E-state index in [1.54, 1.807) is 6.08 Å². The summed E-state index contributed by atoms with van der Waals surface area (Å²) in [6.07, 6.45) is 69.5. The molecule has 454 valence electrons. The highest BCUT2D eigenvalue weighted by molar-refractivity contribution is 5.76. The predicted octanol–water partition coefficient (Wildman–Crippen LogP) is 17.9. The first-order chi connectivity index (χ1) is 37.8. The minimum Gasteiger partial charge on any atom is -0.394 e. The Morgan fingerprint density at radius 2 is 0.766 bits per heavy atom. The molecule has 9 heteroatoms. The third-order valence-corrected chi connectivity index (χ3v) is 16.2. The SMILES string of the molecule is CCCCCCCCCCC/C=C\C/C=C\CCCCCCCCCCCCCCCC(=O)NC(COC1OC(CO)C(O)C(O)C1O)C(O)/C=C/CCCCCCCCCCCCCCCCCCCCCCCCC. The van der Waals surface area contributed by atoms with E-state index in [0.29, 0.717) is 6.42 Å². The molecule has 0 saturated carbocycles. The van der Waals surface area contributed by atoms with Gasteiger partial charge < -0.3 is 40.3 Å². The van der Waals surface area contributed by atoms with Crippen LogP contribution in [0.3, 0.4) is 0 Å². The summed E-state index contributed by atoms with van der Waals surface area (Å²) in [5, 5.41) is 54.7. The lowest BCUT2D eigenvalue weighted by Gasteiger charge is -2.40. The number of ether oxygens (including phenoxy) is 2. The van der Waals surface area contributed by atoms with Crippen molar-refractivity contribution in [1.29, 1.82) is 0 Å². The quantitative estimate of drug-likeness (QED) is 0.0261. The fourth-order valence-corrected chi connectivity index (χ4v) is 10.9.